The van der Waals surface area contributed by atoms with Crippen molar-refractivity contribution in [3.05, 3.63) is 113 Å². The number of ether oxygens (including phenoxy) is 2. The Labute approximate surface area is 229 Å². The lowest BCUT2D eigenvalue weighted by molar-refractivity contribution is -0.120. The third kappa shape index (κ3) is 5.15. The molecule has 6 heteroatoms. The van der Waals surface area contributed by atoms with E-state index >= 15 is 0 Å². The van der Waals surface area contributed by atoms with Gasteiger partial charge in [-0.1, -0.05) is 42.5 Å². The Hall–Kier alpha value is -4.45. The summed E-state index contributed by atoms with van der Waals surface area (Å²) in [6.45, 7) is 2.82. The van der Waals surface area contributed by atoms with Crippen LogP contribution in [0.2, 0.25) is 0 Å². The number of amides is 1. The van der Waals surface area contributed by atoms with Crippen molar-refractivity contribution in [3.8, 4) is 22.6 Å². The number of hydrogen-bond acceptors (Lipinski definition) is 5. The number of carbonyl (C=O) groups excluding carboxylic acids is 2. The number of fused-ring (bicyclic) bond motifs is 1. The summed E-state index contributed by atoms with van der Waals surface area (Å²) in [5.74, 6) is 1.58. The van der Waals surface area contributed by atoms with Gasteiger partial charge >= 0.3 is 0 Å². The van der Waals surface area contributed by atoms with Crippen molar-refractivity contribution in [1.82, 2.24) is 10.3 Å². The van der Waals surface area contributed by atoms with Crippen LogP contribution in [0.1, 0.15) is 47.0 Å². The summed E-state index contributed by atoms with van der Waals surface area (Å²) in [5, 5.41) is 2.96. The number of Topliss-reactive ketones (excluding diaryl/α,β-unsaturated/α-hetero) is 1. The van der Waals surface area contributed by atoms with E-state index in [1.807, 2.05) is 66.7 Å². The van der Waals surface area contributed by atoms with E-state index in [1.165, 1.54) is 0 Å². The molecular weight excluding hydrogens is 488 g/mol. The highest BCUT2D eigenvalue weighted by molar-refractivity contribution is 5.96. The molecule has 3 aromatic carbocycles. The molecule has 1 saturated carbocycles. The van der Waals surface area contributed by atoms with Crippen molar-refractivity contribution >= 4 is 11.7 Å². The van der Waals surface area contributed by atoms with Gasteiger partial charge in [0.1, 0.15) is 5.78 Å². The molecule has 1 aromatic heterocycles. The minimum Gasteiger partial charge on any atom is -0.454 e. The Bertz CT molecular complexity index is 1530. The number of nitrogens with zero attached hydrogens (tertiary/aromatic N) is 1. The molecule has 0 bridgehead atoms. The van der Waals surface area contributed by atoms with Crippen LogP contribution in [0.3, 0.4) is 0 Å². The van der Waals surface area contributed by atoms with E-state index in [9.17, 15) is 9.59 Å². The maximum atomic E-state index is 13.5. The van der Waals surface area contributed by atoms with Gasteiger partial charge in [0.25, 0.3) is 5.91 Å². The average molecular weight is 521 g/mol. The zero-order valence-corrected chi connectivity index (χ0v) is 21.9. The second-order valence-corrected chi connectivity index (χ2v) is 10.3. The zero-order chi connectivity index (χ0) is 26.8. The van der Waals surface area contributed by atoms with Crippen molar-refractivity contribution in [1.29, 1.82) is 0 Å². The maximum absolute atomic E-state index is 13.5. The van der Waals surface area contributed by atoms with Crippen molar-refractivity contribution in [2.24, 2.45) is 0 Å². The minimum absolute atomic E-state index is 0. The van der Waals surface area contributed by atoms with Crippen LogP contribution in [-0.4, -0.2) is 30.0 Å². The third-order valence-electron chi connectivity index (χ3n) is 7.73. The highest BCUT2D eigenvalue weighted by Crippen LogP contribution is 2.51. The van der Waals surface area contributed by atoms with Gasteiger partial charge in [-0.2, -0.15) is 0 Å². The lowest BCUT2D eigenvalue weighted by Gasteiger charge is -2.16. The topological polar surface area (TPSA) is 77.5 Å². The summed E-state index contributed by atoms with van der Waals surface area (Å²) < 4.78 is 11.0. The van der Waals surface area contributed by atoms with Crippen LogP contribution < -0.4 is 14.8 Å². The predicted molar refractivity (Wildman–Crippen MR) is 151 cm³/mol. The van der Waals surface area contributed by atoms with E-state index in [4.69, 9.17) is 9.47 Å². The first-order chi connectivity index (χ1) is 19.0. The maximum Gasteiger partial charge on any atom is 0.251 e. The molecule has 2 aliphatic rings. The zero-order valence-electron chi connectivity index (χ0n) is 21.9. The SMILES string of the molecule is Cc1ccc(CC(=O)C2(c3ccc4c(c3)OCO4)CC2)cc1-c1ccc(C(=O)NCCc2ccccn2)cc1.[HH]. The first-order valence-electron chi connectivity index (χ1n) is 13.3. The smallest absolute Gasteiger partial charge is 0.251 e. The van der Waals surface area contributed by atoms with Crippen molar-refractivity contribution < 1.29 is 20.5 Å². The summed E-state index contributed by atoms with van der Waals surface area (Å²) in [5.41, 5.74) is 6.34. The van der Waals surface area contributed by atoms with Crippen molar-refractivity contribution in [2.75, 3.05) is 13.3 Å². The molecule has 1 fully saturated rings. The Morgan fingerprint density at radius 2 is 1.77 bits per heavy atom. The van der Waals surface area contributed by atoms with Gasteiger partial charge in [-0.25, -0.2) is 0 Å². The summed E-state index contributed by atoms with van der Waals surface area (Å²) in [6.07, 6.45) is 4.53. The first kappa shape index (κ1) is 24.9. The van der Waals surface area contributed by atoms with Crippen LogP contribution in [0.4, 0.5) is 0 Å². The van der Waals surface area contributed by atoms with E-state index in [1.54, 1.807) is 6.20 Å². The van der Waals surface area contributed by atoms with E-state index in [-0.39, 0.29) is 19.9 Å². The van der Waals surface area contributed by atoms with Crippen LogP contribution in [0, 0.1) is 6.92 Å². The van der Waals surface area contributed by atoms with E-state index < -0.39 is 5.41 Å². The molecule has 0 atom stereocenters. The van der Waals surface area contributed by atoms with E-state index in [0.717, 1.165) is 57.9 Å². The van der Waals surface area contributed by atoms with Gasteiger partial charge in [-0.05, 0) is 84.0 Å². The standard InChI is InChI=1S/C33H30N2O4.H2/c1-22-5-6-23(19-31(36)33(14-15-33)26-11-12-29-30(20-26)39-21-38-29)18-28(22)24-7-9-25(10-8-24)32(37)35-17-13-27-4-2-3-16-34-27;/h2-12,16,18,20H,13-15,17,19,21H2,1H3,(H,35,37);1H. The fourth-order valence-corrected chi connectivity index (χ4v) is 5.25. The molecule has 1 N–H and O–H groups in total. The number of rotatable bonds is 9. The molecule has 0 radical (unpaired) electrons. The summed E-state index contributed by atoms with van der Waals surface area (Å²) in [4.78, 5) is 30.4. The number of hydrogen-bond donors (Lipinski definition) is 1. The molecule has 39 heavy (non-hydrogen) atoms. The fraction of sp³-hybridized carbons (Fsp3) is 0.242. The van der Waals surface area contributed by atoms with Crippen LogP contribution in [-0.2, 0) is 23.1 Å². The van der Waals surface area contributed by atoms with Crippen molar-refractivity contribution in [3.63, 3.8) is 0 Å². The van der Waals surface area contributed by atoms with Gasteiger partial charge in [0.2, 0.25) is 6.79 Å². The van der Waals surface area contributed by atoms with Crippen LogP contribution >= 0.6 is 0 Å². The van der Waals surface area contributed by atoms with Crippen LogP contribution in [0.5, 0.6) is 11.5 Å². The van der Waals surface area contributed by atoms with Gasteiger partial charge in [-0.3, -0.25) is 14.6 Å². The lowest BCUT2D eigenvalue weighted by Crippen LogP contribution is -2.25. The molecule has 1 aliphatic carbocycles. The highest BCUT2D eigenvalue weighted by atomic mass is 16.7. The second-order valence-electron chi connectivity index (χ2n) is 10.3. The number of benzene rings is 3. The van der Waals surface area contributed by atoms with Crippen LogP contribution in [0.25, 0.3) is 11.1 Å². The summed E-state index contributed by atoms with van der Waals surface area (Å²) in [7, 11) is 0. The summed E-state index contributed by atoms with van der Waals surface area (Å²) >= 11 is 0. The van der Waals surface area contributed by atoms with Crippen LogP contribution in [0.15, 0.2) is 85.1 Å². The number of carbonyl (C=O) groups is 2. The molecule has 6 rings (SSSR count). The monoisotopic (exact) mass is 520 g/mol. The van der Waals surface area contributed by atoms with Gasteiger partial charge in [0.05, 0.1) is 5.41 Å². The lowest BCUT2D eigenvalue weighted by atomic mass is 9.87. The van der Waals surface area contributed by atoms with Gasteiger partial charge in [0.15, 0.2) is 11.5 Å². The number of aryl methyl sites for hydroxylation is 1. The Balaban J connectivity index is 0.00000323. The van der Waals surface area contributed by atoms with Gasteiger partial charge < -0.3 is 14.8 Å². The van der Waals surface area contributed by atoms with Gasteiger partial charge in [-0.15, -0.1) is 0 Å². The first-order valence-corrected chi connectivity index (χ1v) is 13.3. The van der Waals surface area contributed by atoms with Crippen molar-refractivity contribution in [2.45, 2.75) is 38.0 Å². The Morgan fingerprint density at radius 1 is 0.949 bits per heavy atom. The van der Waals surface area contributed by atoms with E-state index in [0.29, 0.717) is 24.9 Å². The molecule has 0 saturated heterocycles. The minimum atomic E-state index is -0.433. The number of ketones is 1. The number of pyridine rings is 1. The second kappa shape index (κ2) is 10.4. The molecular formula is C33H32N2O4. The molecule has 4 aromatic rings. The molecule has 6 nitrogen and oxygen atoms in total. The molecule has 0 spiro atoms. The number of nitrogens with one attached hydrogen (secondary N) is 1. The van der Waals surface area contributed by atoms with E-state index in [2.05, 4.69) is 29.4 Å². The predicted octanol–water partition coefficient (Wildman–Crippen LogP) is 5.85. The Kier molecular flexibility index (Phi) is 6.61. The molecule has 1 amide bonds. The largest absolute Gasteiger partial charge is 0.454 e. The average Bonchev–Trinajstić information content (AvgIpc) is 3.65. The summed E-state index contributed by atoms with van der Waals surface area (Å²) in [6, 6.07) is 25.5. The number of aromatic nitrogens is 1. The Morgan fingerprint density at radius 3 is 2.54 bits per heavy atom. The third-order valence-corrected chi connectivity index (χ3v) is 7.73. The molecule has 0 unspecified atom stereocenters. The normalized spacial score (nSPS) is 14.6. The molecule has 2 heterocycles. The molecule has 1 aliphatic heterocycles. The highest BCUT2D eigenvalue weighted by Gasteiger charge is 2.50. The fourth-order valence-electron chi connectivity index (χ4n) is 5.25. The quantitative estimate of drug-likeness (QED) is 0.300. The van der Waals surface area contributed by atoms with Gasteiger partial charge in [0, 0.05) is 38.3 Å². The molecule has 198 valence electrons.